The Morgan fingerprint density at radius 3 is 2.42 bits per heavy atom. The van der Waals surface area contributed by atoms with Gasteiger partial charge in [-0.05, 0) is 30.3 Å². The minimum Gasteiger partial charge on any atom is -0.399 e. The maximum Gasteiger partial charge on any atom is 0.266 e. The minimum absolute atomic E-state index is 0.361. The van der Waals surface area contributed by atoms with Gasteiger partial charge in [-0.25, -0.2) is 12.8 Å². The minimum atomic E-state index is -3.94. The second-order valence-corrected chi connectivity index (χ2v) is 5.94. The van der Waals surface area contributed by atoms with Crippen molar-refractivity contribution >= 4 is 21.4 Å². The molecule has 0 heterocycles. The molecule has 6 heteroatoms. The van der Waals surface area contributed by atoms with Crippen molar-refractivity contribution in [3.8, 4) is 0 Å². The van der Waals surface area contributed by atoms with Crippen molar-refractivity contribution < 1.29 is 12.8 Å². The number of benzene rings is 2. The zero-order valence-corrected chi connectivity index (χ0v) is 11.1. The zero-order chi connectivity index (χ0) is 14.0. The lowest BCUT2D eigenvalue weighted by Crippen LogP contribution is -2.27. The lowest BCUT2D eigenvalue weighted by molar-refractivity contribution is 0.566. The van der Waals surface area contributed by atoms with E-state index in [0.717, 1.165) is 10.4 Å². The Labute approximate surface area is 111 Å². The van der Waals surface area contributed by atoms with Crippen molar-refractivity contribution in [2.24, 2.45) is 0 Å². The Hall–Kier alpha value is -2.08. The molecule has 19 heavy (non-hydrogen) atoms. The summed E-state index contributed by atoms with van der Waals surface area (Å²) in [5.41, 5.74) is 6.43. The van der Waals surface area contributed by atoms with Crippen molar-refractivity contribution in [1.82, 2.24) is 0 Å². The molecule has 0 radical (unpaired) electrons. The first-order valence-corrected chi connectivity index (χ1v) is 6.96. The Bertz CT molecular complexity index is 701. The van der Waals surface area contributed by atoms with Crippen molar-refractivity contribution in [2.75, 3.05) is 17.1 Å². The smallest absolute Gasteiger partial charge is 0.266 e. The number of rotatable bonds is 3. The normalized spacial score (nSPS) is 11.3. The van der Waals surface area contributed by atoms with E-state index < -0.39 is 15.8 Å². The number of anilines is 2. The molecular formula is C13H13FN2O2S. The molecule has 0 amide bonds. The van der Waals surface area contributed by atoms with Crippen molar-refractivity contribution in [2.45, 2.75) is 4.90 Å². The number of nitrogens with zero attached hydrogens (tertiary/aromatic N) is 1. The Morgan fingerprint density at radius 1 is 1.11 bits per heavy atom. The number of hydrogen-bond acceptors (Lipinski definition) is 3. The van der Waals surface area contributed by atoms with Crippen LogP contribution in [0.25, 0.3) is 0 Å². The highest BCUT2D eigenvalue weighted by Crippen LogP contribution is 2.24. The lowest BCUT2D eigenvalue weighted by atomic mass is 10.3. The molecule has 4 nitrogen and oxygen atoms in total. The standard InChI is InChI=1S/C13H13FN2O2S/c1-16(11-6-4-5-10(15)9-11)19(17,18)13-8-3-2-7-12(13)14/h2-9H,15H2,1H3. The molecule has 0 fully saturated rings. The summed E-state index contributed by atoms with van der Waals surface area (Å²) in [6, 6.07) is 11.6. The molecular weight excluding hydrogens is 267 g/mol. The van der Waals surface area contributed by atoms with Crippen LogP contribution in [0.3, 0.4) is 0 Å². The molecule has 2 rings (SSSR count). The van der Waals surface area contributed by atoms with Crippen LogP contribution in [-0.4, -0.2) is 15.5 Å². The Balaban J connectivity index is 2.49. The van der Waals surface area contributed by atoms with E-state index in [2.05, 4.69) is 0 Å². The summed E-state index contributed by atoms with van der Waals surface area (Å²) in [6.45, 7) is 0. The highest BCUT2D eigenvalue weighted by atomic mass is 32.2. The molecule has 2 aromatic rings. The third-order valence-corrected chi connectivity index (χ3v) is 4.53. The van der Waals surface area contributed by atoms with E-state index in [1.54, 1.807) is 18.2 Å². The molecule has 0 aliphatic heterocycles. The molecule has 0 bridgehead atoms. The highest BCUT2D eigenvalue weighted by Gasteiger charge is 2.24. The molecule has 0 unspecified atom stereocenters. The van der Waals surface area contributed by atoms with Crippen LogP contribution >= 0.6 is 0 Å². The first-order valence-electron chi connectivity index (χ1n) is 5.52. The summed E-state index contributed by atoms with van der Waals surface area (Å²) in [5, 5.41) is 0. The molecule has 100 valence electrons. The summed E-state index contributed by atoms with van der Waals surface area (Å²) in [7, 11) is -2.58. The van der Waals surface area contributed by atoms with Crippen LogP contribution in [0.15, 0.2) is 53.4 Å². The Morgan fingerprint density at radius 2 is 1.79 bits per heavy atom. The van der Waals surface area contributed by atoms with Gasteiger partial charge in [-0.3, -0.25) is 4.31 Å². The van der Waals surface area contributed by atoms with Crippen molar-refractivity contribution in [1.29, 1.82) is 0 Å². The molecule has 0 aliphatic rings. The second-order valence-electron chi connectivity index (χ2n) is 4.00. The van der Waals surface area contributed by atoms with E-state index in [0.29, 0.717) is 11.4 Å². The van der Waals surface area contributed by atoms with E-state index >= 15 is 0 Å². The topological polar surface area (TPSA) is 63.4 Å². The van der Waals surface area contributed by atoms with Crippen LogP contribution in [0.2, 0.25) is 0 Å². The quantitative estimate of drug-likeness (QED) is 0.877. The number of nitrogen functional groups attached to an aromatic ring is 1. The van der Waals surface area contributed by atoms with Crippen LogP contribution < -0.4 is 10.0 Å². The average Bonchev–Trinajstić information content (AvgIpc) is 2.38. The predicted molar refractivity (Wildman–Crippen MR) is 72.8 cm³/mol. The molecule has 0 aliphatic carbocycles. The van der Waals surface area contributed by atoms with Crippen LogP contribution in [0.1, 0.15) is 0 Å². The SMILES string of the molecule is CN(c1cccc(N)c1)S(=O)(=O)c1ccccc1F. The van der Waals surface area contributed by atoms with E-state index in [1.165, 1.54) is 31.3 Å². The van der Waals surface area contributed by atoms with E-state index in [-0.39, 0.29) is 4.90 Å². The van der Waals surface area contributed by atoms with Gasteiger partial charge in [-0.15, -0.1) is 0 Å². The second kappa shape index (κ2) is 4.89. The van der Waals surface area contributed by atoms with Gasteiger partial charge in [0.05, 0.1) is 5.69 Å². The van der Waals surface area contributed by atoms with Crippen molar-refractivity contribution in [3.63, 3.8) is 0 Å². The number of nitrogens with two attached hydrogens (primary N) is 1. The molecule has 0 saturated heterocycles. The maximum atomic E-state index is 13.6. The maximum absolute atomic E-state index is 13.6. The van der Waals surface area contributed by atoms with Crippen molar-refractivity contribution in [3.05, 3.63) is 54.3 Å². The molecule has 0 saturated carbocycles. The number of halogens is 1. The van der Waals surface area contributed by atoms with Gasteiger partial charge >= 0.3 is 0 Å². The van der Waals surface area contributed by atoms with Gasteiger partial charge in [0.1, 0.15) is 10.7 Å². The summed E-state index contributed by atoms with van der Waals surface area (Å²) in [4.78, 5) is -0.361. The third kappa shape index (κ3) is 2.53. The van der Waals surface area contributed by atoms with Gasteiger partial charge in [-0.1, -0.05) is 18.2 Å². The van der Waals surface area contributed by atoms with Gasteiger partial charge in [0, 0.05) is 12.7 Å². The van der Waals surface area contributed by atoms with E-state index in [4.69, 9.17) is 5.73 Å². The average molecular weight is 280 g/mol. The summed E-state index contributed by atoms with van der Waals surface area (Å²) < 4.78 is 39.2. The highest BCUT2D eigenvalue weighted by molar-refractivity contribution is 7.92. The lowest BCUT2D eigenvalue weighted by Gasteiger charge is -2.20. The van der Waals surface area contributed by atoms with Crippen LogP contribution in [0.4, 0.5) is 15.8 Å². The summed E-state index contributed by atoms with van der Waals surface area (Å²) in [5.74, 6) is -0.779. The fraction of sp³-hybridized carbons (Fsp3) is 0.0769. The first kappa shape index (κ1) is 13.4. The Kier molecular flexibility index (Phi) is 3.44. The molecule has 0 aromatic heterocycles. The zero-order valence-electron chi connectivity index (χ0n) is 10.2. The van der Waals surface area contributed by atoms with Gasteiger partial charge in [0.25, 0.3) is 10.0 Å². The third-order valence-electron chi connectivity index (χ3n) is 2.71. The fourth-order valence-corrected chi connectivity index (χ4v) is 2.91. The first-order chi connectivity index (χ1) is 8.93. The number of hydrogen-bond donors (Lipinski definition) is 1. The molecule has 2 N–H and O–H groups in total. The molecule has 2 aromatic carbocycles. The van der Waals surface area contributed by atoms with Gasteiger partial charge < -0.3 is 5.73 Å². The predicted octanol–water partition coefficient (Wildman–Crippen LogP) is 2.23. The van der Waals surface area contributed by atoms with Gasteiger partial charge in [0.15, 0.2) is 0 Å². The van der Waals surface area contributed by atoms with Gasteiger partial charge in [0.2, 0.25) is 0 Å². The largest absolute Gasteiger partial charge is 0.399 e. The monoisotopic (exact) mass is 280 g/mol. The van der Waals surface area contributed by atoms with E-state index in [9.17, 15) is 12.8 Å². The number of sulfonamides is 1. The van der Waals surface area contributed by atoms with Crippen LogP contribution in [0.5, 0.6) is 0 Å². The molecule has 0 spiro atoms. The van der Waals surface area contributed by atoms with E-state index in [1.807, 2.05) is 0 Å². The summed E-state index contributed by atoms with van der Waals surface area (Å²) >= 11 is 0. The van der Waals surface area contributed by atoms with Crippen LogP contribution in [0, 0.1) is 5.82 Å². The summed E-state index contributed by atoms with van der Waals surface area (Å²) in [6.07, 6.45) is 0. The van der Waals surface area contributed by atoms with Gasteiger partial charge in [-0.2, -0.15) is 0 Å². The molecule has 0 atom stereocenters. The fourth-order valence-electron chi connectivity index (χ4n) is 1.66. The van der Waals surface area contributed by atoms with Crippen LogP contribution in [-0.2, 0) is 10.0 Å².